The van der Waals surface area contributed by atoms with Crippen molar-refractivity contribution in [2.24, 2.45) is 0 Å². The third kappa shape index (κ3) is 2.11. The maximum Gasteiger partial charge on any atom is 0.128 e. The first-order chi connectivity index (χ1) is 8.69. The highest BCUT2D eigenvalue weighted by Gasteiger charge is 2.29. The predicted molar refractivity (Wildman–Crippen MR) is 67.8 cm³/mol. The Bertz CT molecular complexity index is 513. The van der Waals surface area contributed by atoms with Crippen LogP contribution >= 0.6 is 0 Å². The van der Waals surface area contributed by atoms with Crippen molar-refractivity contribution in [2.45, 2.75) is 57.9 Å². The molecular formula is C14H18N4. The molecular weight excluding hydrogens is 224 g/mol. The van der Waals surface area contributed by atoms with Crippen molar-refractivity contribution in [1.82, 2.24) is 9.78 Å². The van der Waals surface area contributed by atoms with E-state index in [1.54, 1.807) is 0 Å². The van der Waals surface area contributed by atoms with Gasteiger partial charge in [0, 0.05) is 23.6 Å². The highest BCUT2D eigenvalue weighted by atomic mass is 15.3. The monoisotopic (exact) mass is 242 g/mol. The normalized spacial score (nSPS) is 18.2. The topological polar surface area (TPSA) is 65.4 Å². The van der Waals surface area contributed by atoms with Gasteiger partial charge in [0.15, 0.2) is 0 Å². The summed E-state index contributed by atoms with van der Waals surface area (Å²) in [5.74, 6) is 0.654. The Hall–Kier alpha value is -1.81. The van der Waals surface area contributed by atoms with E-state index in [0.717, 1.165) is 25.0 Å². The van der Waals surface area contributed by atoms with Gasteiger partial charge in [0.1, 0.15) is 6.54 Å². The summed E-state index contributed by atoms with van der Waals surface area (Å²) in [5.41, 5.74) is 3.53. The average Bonchev–Trinajstić information content (AvgIpc) is 2.71. The van der Waals surface area contributed by atoms with Gasteiger partial charge in [-0.25, -0.2) is 0 Å². The molecule has 0 spiro atoms. The van der Waals surface area contributed by atoms with Gasteiger partial charge in [0.05, 0.1) is 17.8 Å². The van der Waals surface area contributed by atoms with Crippen molar-refractivity contribution in [3.63, 3.8) is 0 Å². The van der Waals surface area contributed by atoms with Crippen LogP contribution < -0.4 is 0 Å². The highest BCUT2D eigenvalue weighted by molar-refractivity contribution is 5.35. The summed E-state index contributed by atoms with van der Waals surface area (Å²) in [4.78, 5) is 0. The SMILES string of the molecule is CC(C)c1nn(CC#N)c2c1C(CC#N)CCC2. The van der Waals surface area contributed by atoms with Gasteiger partial charge in [-0.3, -0.25) is 4.68 Å². The van der Waals surface area contributed by atoms with E-state index in [1.165, 1.54) is 11.3 Å². The van der Waals surface area contributed by atoms with Crippen molar-refractivity contribution in [1.29, 1.82) is 10.5 Å². The zero-order valence-corrected chi connectivity index (χ0v) is 11.0. The van der Waals surface area contributed by atoms with Crippen LogP contribution in [0.2, 0.25) is 0 Å². The molecule has 0 radical (unpaired) electrons. The van der Waals surface area contributed by atoms with Crippen LogP contribution in [0.4, 0.5) is 0 Å². The summed E-state index contributed by atoms with van der Waals surface area (Å²) in [6, 6.07) is 4.45. The van der Waals surface area contributed by atoms with Crippen molar-refractivity contribution >= 4 is 0 Å². The molecule has 4 nitrogen and oxygen atoms in total. The molecule has 0 aliphatic heterocycles. The van der Waals surface area contributed by atoms with Crippen LogP contribution in [0.25, 0.3) is 0 Å². The molecule has 0 N–H and O–H groups in total. The zero-order chi connectivity index (χ0) is 13.1. The third-order valence-electron chi connectivity index (χ3n) is 3.61. The van der Waals surface area contributed by atoms with E-state index in [4.69, 9.17) is 10.5 Å². The molecule has 0 saturated carbocycles. The fourth-order valence-corrected chi connectivity index (χ4v) is 2.84. The van der Waals surface area contributed by atoms with Crippen LogP contribution in [-0.2, 0) is 13.0 Å². The average molecular weight is 242 g/mol. The lowest BCUT2D eigenvalue weighted by Gasteiger charge is -2.22. The van der Waals surface area contributed by atoms with Gasteiger partial charge >= 0.3 is 0 Å². The van der Waals surface area contributed by atoms with E-state index in [-0.39, 0.29) is 0 Å². The number of nitriles is 2. The van der Waals surface area contributed by atoms with Gasteiger partial charge in [-0.05, 0) is 25.2 Å². The van der Waals surface area contributed by atoms with Gasteiger partial charge < -0.3 is 0 Å². The lowest BCUT2D eigenvalue weighted by molar-refractivity contribution is 0.534. The minimum Gasteiger partial charge on any atom is -0.255 e. The Kier molecular flexibility index (Phi) is 3.67. The molecule has 1 aromatic heterocycles. The second-order valence-electron chi connectivity index (χ2n) is 5.17. The molecule has 1 heterocycles. The molecule has 1 atom stereocenters. The molecule has 94 valence electrons. The fraction of sp³-hybridized carbons (Fsp3) is 0.643. The van der Waals surface area contributed by atoms with Gasteiger partial charge in [0.25, 0.3) is 0 Å². The van der Waals surface area contributed by atoms with Crippen LogP contribution in [0.5, 0.6) is 0 Å². The summed E-state index contributed by atoms with van der Waals surface area (Å²) >= 11 is 0. The zero-order valence-electron chi connectivity index (χ0n) is 11.0. The van der Waals surface area contributed by atoms with Crippen LogP contribution in [0.1, 0.15) is 61.9 Å². The number of fused-ring (bicyclic) bond motifs is 1. The van der Waals surface area contributed by atoms with Crippen molar-refractivity contribution in [3.8, 4) is 12.1 Å². The Morgan fingerprint density at radius 3 is 2.78 bits per heavy atom. The maximum absolute atomic E-state index is 8.95. The maximum atomic E-state index is 8.95. The second kappa shape index (κ2) is 5.23. The van der Waals surface area contributed by atoms with Gasteiger partial charge in [-0.15, -0.1) is 0 Å². The third-order valence-corrected chi connectivity index (χ3v) is 3.61. The first-order valence-corrected chi connectivity index (χ1v) is 6.52. The molecule has 4 heteroatoms. The standard InChI is InChI=1S/C14H18N4/c1-10(2)14-13-11(6-7-15)4-3-5-12(13)18(17-14)9-8-16/h10-11H,3-6,9H2,1-2H3. The Morgan fingerprint density at radius 1 is 1.39 bits per heavy atom. The van der Waals surface area contributed by atoms with Gasteiger partial charge in [-0.1, -0.05) is 13.8 Å². The van der Waals surface area contributed by atoms with E-state index in [0.29, 0.717) is 24.8 Å². The number of aromatic nitrogens is 2. The van der Waals surface area contributed by atoms with E-state index < -0.39 is 0 Å². The number of nitrogens with zero attached hydrogens (tertiary/aromatic N) is 4. The number of hydrogen-bond donors (Lipinski definition) is 0. The van der Waals surface area contributed by atoms with Crippen LogP contribution in [0.15, 0.2) is 0 Å². The largest absolute Gasteiger partial charge is 0.255 e. The number of hydrogen-bond acceptors (Lipinski definition) is 3. The molecule has 2 rings (SSSR count). The Balaban J connectivity index is 2.50. The summed E-state index contributed by atoms with van der Waals surface area (Å²) < 4.78 is 1.84. The summed E-state index contributed by atoms with van der Waals surface area (Å²) in [5, 5.41) is 22.4. The first-order valence-electron chi connectivity index (χ1n) is 6.52. The van der Waals surface area contributed by atoms with Crippen LogP contribution in [0, 0.1) is 22.7 Å². The molecule has 18 heavy (non-hydrogen) atoms. The number of rotatable bonds is 3. The van der Waals surface area contributed by atoms with E-state index in [1.807, 2.05) is 4.68 Å². The van der Waals surface area contributed by atoms with Crippen molar-refractivity contribution in [2.75, 3.05) is 0 Å². The molecule has 0 amide bonds. The van der Waals surface area contributed by atoms with E-state index in [9.17, 15) is 0 Å². The van der Waals surface area contributed by atoms with Gasteiger partial charge in [-0.2, -0.15) is 15.6 Å². The van der Waals surface area contributed by atoms with Crippen LogP contribution in [-0.4, -0.2) is 9.78 Å². The van der Waals surface area contributed by atoms with Gasteiger partial charge in [0.2, 0.25) is 0 Å². The van der Waals surface area contributed by atoms with Crippen molar-refractivity contribution < 1.29 is 0 Å². The van der Waals surface area contributed by atoms with E-state index >= 15 is 0 Å². The molecule has 1 aliphatic carbocycles. The molecule has 0 saturated heterocycles. The predicted octanol–water partition coefficient (Wildman–Crippen LogP) is 2.86. The summed E-state index contributed by atoms with van der Waals surface area (Å²) in [7, 11) is 0. The lowest BCUT2D eigenvalue weighted by Crippen LogP contribution is -2.13. The molecule has 1 unspecified atom stereocenters. The first kappa shape index (κ1) is 12.6. The summed E-state index contributed by atoms with van der Waals surface area (Å²) in [6.07, 6.45) is 3.70. The minimum absolute atomic E-state index is 0.309. The molecule has 0 fully saturated rings. The minimum atomic E-state index is 0.309. The van der Waals surface area contributed by atoms with E-state index in [2.05, 4.69) is 31.1 Å². The lowest BCUT2D eigenvalue weighted by atomic mass is 9.82. The molecule has 0 aromatic carbocycles. The Morgan fingerprint density at radius 2 is 2.17 bits per heavy atom. The highest BCUT2D eigenvalue weighted by Crippen LogP contribution is 2.38. The Labute approximate surface area is 108 Å². The van der Waals surface area contributed by atoms with Crippen molar-refractivity contribution in [3.05, 3.63) is 17.0 Å². The fourth-order valence-electron chi connectivity index (χ4n) is 2.84. The molecule has 0 bridgehead atoms. The smallest absolute Gasteiger partial charge is 0.128 e. The quantitative estimate of drug-likeness (QED) is 0.818. The summed E-state index contributed by atoms with van der Waals surface area (Å²) in [6.45, 7) is 4.56. The van der Waals surface area contributed by atoms with Crippen LogP contribution in [0.3, 0.4) is 0 Å². The second-order valence-corrected chi connectivity index (χ2v) is 5.17. The molecule has 1 aliphatic rings. The molecule has 1 aromatic rings.